The molecule has 0 saturated carbocycles. The summed E-state index contributed by atoms with van der Waals surface area (Å²) in [5.41, 5.74) is 3.38. The SMILES string of the molecule is COc1ccc(-c2cc(CN3CCC(Cc4ccccc4)CC3)on2)cc1.Cl. The van der Waals surface area contributed by atoms with E-state index in [4.69, 9.17) is 9.26 Å². The quantitative estimate of drug-likeness (QED) is 0.570. The minimum absolute atomic E-state index is 0. The van der Waals surface area contributed by atoms with E-state index in [1.54, 1.807) is 7.11 Å². The van der Waals surface area contributed by atoms with Gasteiger partial charge in [-0.2, -0.15) is 0 Å². The Kier molecular flexibility index (Phi) is 7.12. The van der Waals surface area contributed by atoms with Gasteiger partial charge in [0.2, 0.25) is 0 Å². The molecule has 1 aliphatic rings. The third-order valence-corrected chi connectivity index (χ3v) is 5.40. The molecule has 2 aromatic carbocycles. The van der Waals surface area contributed by atoms with Gasteiger partial charge in [0, 0.05) is 11.6 Å². The Labute approximate surface area is 172 Å². The molecule has 0 bridgehead atoms. The fourth-order valence-electron chi connectivity index (χ4n) is 3.80. The molecule has 5 heteroatoms. The van der Waals surface area contributed by atoms with Crippen molar-refractivity contribution in [2.75, 3.05) is 20.2 Å². The number of piperidine rings is 1. The van der Waals surface area contributed by atoms with Crippen molar-refractivity contribution in [3.63, 3.8) is 0 Å². The van der Waals surface area contributed by atoms with Gasteiger partial charge in [-0.25, -0.2) is 0 Å². The molecular weight excluding hydrogens is 372 g/mol. The summed E-state index contributed by atoms with van der Waals surface area (Å²) in [5, 5.41) is 4.24. The van der Waals surface area contributed by atoms with Crippen LogP contribution < -0.4 is 4.74 Å². The maximum absolute atomic E-state index is 5.58. The van der Waals surface area contributed by atoms with Gasteiger partial charge in [0.15, 0.2) is 5.76 Å². The number of halogens is 1. The average molecular weight is 399 g/mol. The molecule has 0 N–H and O–H groups in total. The number of likely N-dealkylation sites (tertiary alicyclic amines) is 1. The molecule has 0 spiro atoms. The van der Waals surface area contributed by atoms with Crippen LogP contribution in [0.15, 0.2) is 65.2 Å². The molecule has 0 atom stereocenters. The summed E-state index contributed by atoms with van der Waals surface area (Å²) >= 11 is 0. The first-order valence-corrected chi connectivity index (χ1v) is 9.66. The summed E-state index contributed by atoms with van der Waals surface area (Å²) in [6, 6.07) is 20.8. The van der Waals surface area contributed by atoms with Crippen LogP contribution in [0.4, 0.5) is 0 Å². The molecule has 1 fully saturated rings. The van der Waals surface area contributed by atoms with Crippen molar-refractivity contribution >= 4 is 12.4 Å². The lowest BCUT2D eigenvalue weighted by Crippen LogP contribution is -2.33. The number of hydrogen-bond donors (Lipinski definition) is 0. The zero-order valence-corrected chi connectivity index (χ0v) is 17.0. The Hall–Kier alpha value is -2.30. The highest BCUT2D eigenvalue weighted by molar-refractivity contribution is 5.85. The third kappa shape index (κ3) is 5.15. The van der Waals surface area contributed by atoms with E-state index >= 15 is 0 Å². The molecule has 0 radical (unpaired) electrons. The lowest BCUT2D eigenvalue weighted by Gasteiger charge is -2.31. The van der Waals surface area contributed by atoms with E-state index in [9.17, 15) is 0 Å². The van der Waals surface area contributed by atoms with Crippen molar-refractivity contribution in [1.29, 1.82) is 0 Å². The molecule has 0 unspecified atom stereocenters. The van der Waals surface area contributed by atoms with Gasteiger partial charge < -0.3 is 9.26 Å². The number of benzene rings is 2. The van der Waals surface area contributed by atoms with Gasteiger partial charge in [0.1, 0.15) is 11.4 Å². The maximum Gasteiger partial charge on any atom is 0.151 e. The van der Waals surface area contributed by atoms with Crippen LogP contribution in [0.3, 0.4) is 0 Å². The zero-order chi connectivity index (χ0) is 18.5. The second-order valence-corrected chi connectivity index (χ2v) is 7.32. The molecule has 0 aliphatic carbocycles. The van der Waals surface area contributed by atoms with E-state index in [-0.39, 0.29) is 12.4 Å². The molecule has 2 heterocycles. The molecule has 4 rings (SSSR count). The van der Waals surface area contributed by atoms with Crippen LogP contribution >= 0.6 is 12.4 Å². The molecule has 1 saturated heterocycles. The topological polar surface area (TPSA) is 38.5 Å². The minimum Gasteiger partial charge on any atom is -0.497 e. The largest absolute Gasteiger partial charge is 0.497 e. The van der Waals surface area contributed by atoms with Gasteiger partial charge in [-0.1, -0.05) is 35.5 Å². The first-order valence-electron chi connectivity index (χ1n) is 9.66. The molecule has 148 valence electrons. The summed E-state index contributed by atoms with van der Waals surface area (Å²) in [4.78, 5) is 2.47. The Balaban J connectivity index is 0.00000225. The van der Waals surface area contributed by atoms with Crippen molar-refractivity contribution in [3.05, 3.63) is 72.0 Å². The summed E-state index contributed by atoms with van der Waals surface area (Å²) < 4.78 is 10.8. The van der Waals surface area contributed by atoms with Crippen molar-refractivity contribution in [1.82, 2.24) is 10.1 Å². The highest BCUT2D eigenvalue weighted by Gasteiger charge is 2.20. The minimum atomic E-state index is 0. The fourth-order valence-corrected chi connectivity index (χ4v) is 3.80. The number of rotatable bonds is 6. The van der Waals surface area contributed by atoms with E-state index in [2.05, 4.69) is 46.5 Å². The van der Waals surface area contributed by atoms with Gasteiger partial charge in [0.25, 0.3) is 0 Å². The number of nitrogens with zero attached hydrogens (tertiary/aromatic N) is 2. The van der Waals surface area contributed by atoms with Crippen LogP contribution in [0.25, 0.3) is 11.3 Å². The van der Waals surface area contributed by atoms with E-state index < -0.39 is 0 Å². The summed E-state index contributed by atoms with van der Waals surface area (Å²) in [7, 11) is 1.67. The average Bonchev–Trinajstić information content (AvgIpc) is 3.19. The van der Waals surface area contributed by atoms with Crippen molar-refractivity contribution in [3.8, 4) is 17.0 Å². The molecular formula is C23H27ClN2O2. The monoisotopic (exact) mass is 398 g/mol. The fraction of sp³-hybridized carbons (Fsp3) is 0.348. The lowest BCUT2D eigenvalue weighted by atomic mass is 9.90. The Morgan fingerprint density at radius 2 is 1.75 bits per heavy atom. The Morgan fingerprint density at radius 3 is 2.43 bits per heavy atom. The number of aromatic nitrogens is 1. The van der Waals surface area contributed by atoms with E-state index in [0.29, 0.717) is 0 Å². The van der Waals surface area contributed by atoms with Gasteiger partial charge in [-0.3, -0.25) is 4.90 Å². The van der Waals surface area contributed by atoms with E-state index in [1.165, 1.54) is 24.8 Å². The van der Waals surface area contributed by atoms with Crippen LogP contribution in [0, 0.1) is 5.92 Å². The normalized spacial score (nSPS) is 15.2. The molecule has 1 aliphatic heterocycles. The highest BCUT2D eigenvalue weighted by atomic mass is 35.5. The van der Waals surface area contributed by atoms with Crippen LogP contribution in [-0.4, -0.2) is 30.3 Å². The summed E-state index contributed by atoms with van der Waals surface area (Å²) in [6.07, 6.45) is 3.68. The predicted molar refractivity (Wildman–Crippen MR) is 114 cm³/mol. The maximum atomic E-state index is 5.58. The second-order valence-electron chi connectivity index (χ2n) is 7.32. The molecule has 1 aromatic heterocycles. The molecule has 4 nitrogen and oxygen atoms in total. The second kappa shape index (κ2) is 9.76. The third-order valence-electron chi connectivity index (χ3n) is 5.40. The number of methoxy groups -OCH3 is 1. The molecule has 3 aromatic rings. The first-order chi connectivity index (χ1) is 13.3. The van der Waals surface area contributed by atoms with Gasteiger partial charge in [0.05, 0.1) is 13.7 Å². The van der Waals surface area contributed by atoms with Crippen LogP contribution in [0.2, 0.25) is 0 Å². The Bertz CT molecular complexity index is 841. The summed E-state index contributed by atoms with van der Waals surface area (Å²) in [6.45, 7) is 3.08. The molecule has 0 amide bonds. The van der Waals surface area contributed by atoms with Gasteiger partial charge in [-0.05, 0) is 68.1 Å². The number of ether oxygens (including phenoxy) is 1. The highest BCUT2D eigenvalue weighted by Crippen LogP contribution is 2.25. The van der Waals surface area contributed by atoms with Gasteiger partial charge >= 0.3 is 0 Å². The summed E-state index contributed by atoms with van der Waals surface area (Å²) in [5.74, 6) is 2.57. The van der Waals surface area contributed by atoms with Crippen LogP contribution in [0.1, 0.15) is 24.2 Å². The Morgan fingerprint density at radius 1 is 1.04 bits per heavy atom. The standard InChI is InChI=1S/C23H26N2O2.ClH/c1-26-21-9-7-20(8-10-21)23-16-22(27-24-23)17-25-13-11-19(12-14-25)15-18-5-3-2-4-6-18;/h2-10,16,19H,11-15,17H2,1H3;1H. The van der Waals surface area contributed by atoms with Gasteiger partial charge in [-0.15, -0.1) is 12.4 Å². The van der Waals surface area contributed by atoms with E-state index in [0.717, 1.165) is 48.3 Å². The van der Waals surface area contributed by atoms with E-state index in [1.807, 2.05) is 24.3 Å². The van der Waals surface area contributed by atoms with Crippen molar-refractivity contribution in [2.45, 2.75) is 25.8 Å². The predicted octanol–water partition coefficient (Wildman–Crippen LogP) is 5.23. The smallest absolute Gasteiger partial charge is 0.151 e. The molecule has 28 heavy (non-hydrogen) atoms. The van der Waals surface area contributed by atoms with Crippen LogP contribution in [-0.2, 0) is 13.0 Å². The van der Waals surface area contributed by atoms with Crippen LogP contribution in [0.5, 0.6) is 5.75 Å². The van der Waals surface area contributed by atoms with Crippen molar-refractivity contribution in [2.24, 2.45) is 5.92 Å². The number of hydrogen-bond acceptors (Lipinski definition) is 4. The lowest BCUT2D eigenvalue weighted by molar-refractivity contribution is 0.161. The van der Waals surface area contributed by atoms with Crippen molar-refractivity contribution < 1.29 is 9.26 Å². The first kappa shape index (κ1) is 20.4. The zero-order valence-electron chi connectivity index (χ0n) is 16.2.